The van der Waals surface area contributed by atoms with Gasteiger partial charge in [-0.15, -0.1) is 0 Å². The molecule has 1 fully saturated rings. The molecule has 0 spiro atoms. The second-order valence-corrected chi connectivity index (χ2v) is 7.20. The number of amides is 1. The monoisotopic (exact) mass is 412 g/mol. The van der Waals surface area contributed by atoms with Crippen molar-refractivity contribution >= 4 is 17.4 Å². The molecule has 1 amide bonds. The zero-order valence-electron chi connectivity index (χ0n) is 17.8. The SMILES string of the molecule is CCN(CC)CCN1C(=O)C(=O)/C(=C(\O)c2cccc(OC)c2)C1c1ccc(C)o1. The van der Waals surface area contributed by atoms with E-state index in [2.05, 4.69) is 4.90 Å². The van der Waals surface area contributed by atoms with Crippen molar-refractivity contribution in [2.75, 3.05) is 33.3 Å². The van der Waals surface area contributed by atoms with Crippen LogP contribution in [-0.4, -0.2) is 59.9 Å². The summed E-state index contributed by atoms with van der Waals surface area (Å²) in [7, 11) is 1.52. The van der Waals surface area contributed by atoms with Crippen LogP contribution in [0.3, 0.4) is 0 Å². The number of methoxy groups -OCH3 is 1. The third-order valence-electron chi connectivity index (χ3n) is 5.47. The van der Waals surface area contributed by atoms with Gasteiger partial charge in [0, 0.05) is 18.7 Å². The van der Waals surface area contributed by atoms with Gasteiger partial charge < -0.3 is 24.1 Å². The molecule has 1 unspecified atom stereocenters. The van der Waals surface area contributed by atoms with Crippen LogP contribution in [0.1, 0.15) is 37.0 Å². The molecule has 1 aromatic heterocycles. The van der Waals surface area contributed by atoms with E-state index in [1.165, 1.54) is 12.0 Å². The van der Waals surface area contributed by atoms with Crippen LogP contribution in [0, 0.1) is 6.92 Å². The maximum absolute atomic E-state index is 13.0. The van der Waals surface area contributed by atoms with Gasteiger partial charge in [0.15, 0.2) is 0 Å². The lowest BCUT2D eigenvalue weighted by Gasteiger charge is -2.26. The zero-order valence-corrected chi connectivity index (χ0v) is 17.8. The molecule has 0 saturated carbocycles. The first-order valence-corrected chi connectivity index (χ1v) is 10.1. The summed E-state index contributed by atoms with van der Waals surface area (Å²) >= 11 is 0. The zero-order chi connectivity index (χ0) is 21.8. The fourth-order valence-electron chi connectivity index (χ4n) is 3.72. The van der Waals surface area contributed by atoms with Gasteiger partial charge in [0.1, 0.15) is 29.1 Å². The van der Waals surface area contributed by atoms with Gasteiger partial charge in [0.2, 0.25) is 0 Å². The summed E-state index contributed by atoms with van der Waals surface area (Å²) in [5.74, 6) is 0.0767. The van der Waals surface area contributed by atoms with E-state index in [-0.39, 0.29) is 11.3 Å². The molecular weight excluding hydrogens is 384 g/mol. The lowest BCUT2D eigenvalue weighted by atomic mass is 9.99. The number of furan rings is 1. The molecule has 30 heavy (non-hydrogen) atoms. The summed E-state index contributed by atoms with van der Waals surface area (Å²) in [6.07, 6.45) is 0. The third-order valence-corrected chi connectivity index (χ3v) is 5.47. The van der Waals surface area contributed by atoms with E-state index in [1.807, 2.05) is 13.8 Å². The van der Waals surface area contributed by atoms with Crippen molar-refractivity contribution in [1.29, 1.82) is 0 Å². The van der Waals surface area contributed by atoms with Crippen molar-refractivity contribution in [2.45, 2.75) is 26.8 Å². The molecule has 1 atom stereocenters. The van der Waals surface area contributed by atoms with Crippen molar-refractivity contribution in [3.05, 3.63) is 59.1 Å². The second kappa shape index (κ2) is 9.17. The van der Waals surface area contributed by atoms with E-state index in [0.29, 0.717) is 35.9 Å². The molecule has 1 aromatic carbocycles. The van der Waals surface area contributed by atoms with Gasteiger partial charge in [-0.1, -0.05) is 26.0 Å². The fourth-order valence-corrected chi connectivity index (χ4v) is 3.72. The number of ketones is 1. The molecule has 2 heterocycles. The first-order valence-electron chi connectivity index (χ1n) is 10.1. The van der Waals surface area contributed by atoms with Crippen LogP contribution in [0.4, 0.5) is 0 Å². The largest absolute Gasteiger partial charge is 0.507 e. The van der Waals surface area contributed by atoms with Gasteiger partial charge in [-0.25, -0.2) is 0 Å². The van der Waals surface area contributed by atoms with Crippen LogP contribution in [0.5, 0.6) is 5.75 Å². The Hall–Kier alpha value is -3.06. The molecular formula is C23H28N2O5. The first-order chi connectivity index (χ1) is 14.4. The molecule has 2 aromatic rings. The Morgan fingerprint density at radius 3 is 2.53 bits per heavy atom. The Morgan fingerprint density at radius 1 is 1.20 bits per heavy atom. The van der Waals surface area contributed by atoms with E-state index < -0.39 is 17.7 Å². The second-order valence-electron chi connectivity index (χ2n) is 7.20. The number of ether oxygens (including phenoxy) is 1. The molecule has 1 N–H and O–H groups in total. The number of aliphatic hydroxyl groups is 1. The quantitative estimate of drug-likeness (QED) is 0.407. The average Bonchev–Trinajstić information content (AvgIpc) is 3.29. The smallest absolute Gasteiger partial charge is 0.295 e. The van der Waals surface area contributed by atoms with Crippen molar-refractivity contribution < 1.29 is 23.8 Å². The van der Waals surface area contributed by atoms with Crippen LogP contribution in [0.2, 0.25) is 0 Å². The summed E-state index contributed by atoms with van der Waals surface area (Å²) in [6, 6.07) is 9.51. The Labute approximate surface area is 176 Å². The van der Waals surface area contributed by atoms with Gasteiger partial charge in [0.25, 0.3) is 11.7 Å². The van der Waals surface area contributed by atoms with Crippen LogP contribution in [0.15, 0.2) is 46.4 Å². The maximum atomic E-state index is 13.0. The number of carbonyl (C=O) groups is 2. The third kappa shape index (κ3) is 4.11. The number of rotatable bonds is 8. The Kier molecular flexibility index (Phi) is 6.62. The Morgan fingerprint density at radius 2 is 1.93 bits per heavy atom. The highest BCUT2D eigenvalue weighted by atomic mass is 16.5. The van der Waals surface area contributed by atoms with E-state index in [9.17, 15) is 14.7 Å². The summed E-state index contributed by atoms with van der Waals surface area (Å²) in [4.78, 5) is 29.5. The van der Waals surface area contributed by atoms with Gasteiger partial charge in [-0.2, -0.15) is 0 Å². The van der Waals surface area contributed by atoms with Crippen LogP contribution in [0.25, 0.3) is 5.76 Å². The number of hydrogen-bond acceptors (Lipinski definition) is 6. The van der Waals surface area contributed by atoms with Crippen LogP contribution < -0.4 is 4.74 Å². The molecule has 1 aliphatic heterocycles. The Bertz CT molecular complexity index is 958. The number of benzene rings is 1. The minimum absolute atomic E-state index is 0.0298. The molecule has 7 heteroatoms. The molecule has 1 aliphatic rings. The molecule has 0 radical (unpaired) electrons. The van der Waals surface area contributed by atoms with E-state index in [1.54, 1.807) is 43.3 Å². The lowest BCUT2D eigenvalue weighted by Crippen LogP contribution is -2.37. The molecule has 0 aliphatic carbocycles. The summed E-state index contributed by atoms with van der Waals surface area (Å²) < 4.78 is 11.0. The van der Waals surface area contributed by atoms with Crippen molar-refractivity contribution in [2.24, 2.45) is 0 Å². The number of likely N-dealkylation sites (N-methyl/N-ethyl adjacent to an activating group) is 1. The molecule has 3 rings (SSSR count). The molecule has 1 saturated heterocycles. The number of aliphatic hydroxyl groups excluding tert-OH is 1. The normalized spacial score (nSPS) is 18.4. The van der Waals surface area contributed by atoms with Crippen molar-refractivity contribution in [1.82, 2.24) is 9.80 Å². The van der Waals surface area contributed by atoms with E-state index in [4.69, 9.17) is 9.15 Å². The van der Waals surface area contributed by atoms with Crippen molar-refractivity contribution in [3.8, 4) is 5.75 Å². The number of aryl methyl sites for hydroxylation is 1. The van der Waals surface area contributed by atoms with Crippen LogP contribution in [-0.2, 0) is 9.59 Å². The maximum Gasteiger partial charge on any atom is 0.295 e. The highest BCUT2D eigenvalue weighted by Gasteiger charge is 2.47. The van der Waals surface area contributed by atoms with Gasteiger partial charge in [-0.3, -0.25) is 9.59 Å². The summed E-state index contributed by atoms with van der Waals surface area (Å²) in [5.41, 5.74) is 0.437. The van der Waals surface area contributed by atoms with E-state index in [0.717, 1.165) is 13.1 Å². The van der Waals surface area contributed by atoms with Crippen molar-refractivity contribution in [3.63, 3.8) is 0 Å². The minimum Gasteiger partial charge on any atom is -0.507 e. The van der Waals surface area contributed by atoms with E-state index >= 15 is 0 Å². The number of hydrogen-bond donors (Lipinski definition) is 1. The minimum atomic E-state index is -0.777. The summed E-state index contributed by atoms with van der Waals surface area (Å²) in [5, 5.41) is 11.0. The highest BCUT2D eigenvalue weighted by Crippen LogP contribution is 2.40. The van der Waals surface area contributed by atoms with Crippen LogP contribution >= 0.6 is 0 Å². The predicted molar refractivity (Wildman–Crippen MR) is 113 cm³/mol. The number of nitrogens with zero attached hydrogens (tertiary/aromatic N) is 2. The predicted octanol–water partition coefficient (Wildman–Crippen LogP) is 3.36. The number of likely N-dealkylation sites (tertiary alicyclic amines) is 1. The first kappa shape index (κ1) is 21.6. The highest BCUT2D eigenvalue weighted by molar-refractivity contribution is 6.46. The summed E-state index contributed by atoms with van der Waals surface area (Å²) in [6.45, 7) is 8.56. The van der Waals surface area contributed by atoms with Gasteiger partial charge in [0.05, 0.1) is 12.7 Å². The lowest BCUT2D eigenvalue weighted by molar-refractivity contribution is -0.140. The molecule has 0 bridgehead atoms. The molecule has 7 nitrogen and oxygen atoms in total. The molecule has 160 valence electrons. The average molecular weight is 412 g/mol. The topological polar surface area (TPSA) is 83.2 Å². The standard InChI is InChI=1S/C23H28N2O5/c1-5-24(6-2)12-13-25-20(18-11-10-15(3)30-18)19(22(27)23(25)28)21(26)16-8-7-9-17(14-16)29-4/h7-11,14,20,26H,5-6,12-13H2,1-4H3/b21-19-. The van der Waals surface area contributed by atoms with Gasteiger partial charge >= 0.3 is 0 Å². The Balaban J connectivity index is 2.07. The number of carbonyl (C=O) groups excluding carboxylic acids is 2. The van der Waals surface area contributed by atoms with Gasteiger partial charge in [-0.05, 0) is 44.3 Å². The number of Topliss-reactive ketones (excluding diaryl/α,β-unsaturated/α-hetero) is 1. The fraction of sp³-hybridized carbons (Fsp3) is 0.391.